The number of carboxylic acid groups (broad SMARTS) is 2. The van der Waals surface area contributed by atoms with Crippen molar-refractivity contribution in [2.75, 3.05) is 0 Å². The Morgan fingerprint density at radius 3 is 1.67 bits per heavy atom. The van der Waals surface area contributed by atoms with Crippen LogP contribution in [-0.2, 0) is 10.1 Å². The average Bonchev–Trinajstić information content (AvgIpc) is 2.00. The molecule has 0 aromatic rings. The molecule has 10 heteroatoms. The molecular formula is C5H9NO8S. The van der Waals surface area contributed by atoms with Crippen molar-refractivity contribution in [3.8, 4) is 0 Å². The van der Waals surface area contributed by atoms with E-state index >= 15 is 0 Å². The van der Waals surface area contributed by atoms with Crippen LogP contribution in [0.2, 0.25) is 0 Å². The molecule has 0 heterocycles. The molecule has 9 nitrogen and oxygen atoms in total. The summed E-state index contributed by atoms with van der Waals surface area (Å²) >= 11 is 0. The Morgan fingerprint density at radius 2 is 1.60 bits per heavy atom. The van der Waals surface area contributed by atoms with Gasteiger partial charge >= 0.3 is 22.3 Å². The fraction of sp³-hybridized carbons (Fsp3) is 0.600. The van der Waals surface area contributed by atoms with Crippen LogP contribution < -0.4 is 0 Å². The molecular weight excluding hydrogens is 234 g/mol. The molecule has 0 spiro atoms. The molecule has 0 radical (unpaired) electrons. The van der Waals surface area contributed by atoms with Crippen molar-refractivity contribution < 1.29 is 37.9 Å². The molecule has 15 heavy (non-hydrogen) atoms. The molecule has 2 amide bonds. The van der Waals surface area contributed by atoms with Gasteiger partial charge in [-0.15, -0.1) is 0 Å². The zero-order chi connectivity index (χ0) is 12.4. The van der Waals surface area contributed by atoms with Crippen LogP contribution in [-0.4, -0.2) is 50.4 Å². The second kappa shape index (κ2) is 4.00. The number of nitrogens with zero attached hydrogens (tertiary/aromatic N) is 1. The van der Waals surface area contributed by atoms with Gasteiger partial charge in [0.1, 0.15) is 0 Å². The first-order chi connectivity index (χ1) is 6.58. The molecule has 0 aromatic carbocycles. The Hall–Kier alpha value is -1.39. The number of amides is 2. The van der Waals surface area contributed by atoms with Crippen LogP contribution in [0.1, 0.15) is 13.3 Å². The summed E-state index contributed by atoms with van der Waals surface area (Å²) in [6, 6.07) is 0. The maximum Gasteiger partial charge on any atom is 0.420 e. The van der Waals surface area contributed by atoms with Gasteiger partial charge in [-0.05, 0) is 0 Å². The van der Waals surface area contributed by atoms with Crippen LogP contribution in [0.3, 0.4) is 0 Å². The van der Waals surface area contributed by atoms with Gasteiger partial charge in [0.25, 0.3) is 5.06 Å². The van der Waals surface area contributed by atoms with Crippen LogP contribution >= 0.6 is 0 Å². The molecule has 88 valence electrons. The molecule has 0 bridgehead atoms. The van der Waals surface area contributed by atoms with Crippen molar-refractivity contribution in [1.29, 1.82) is 0 Å². The summed E-state index contributed by atoms with van der Waals surface area (Å²) in [5, 5.41) is 22.7. The first-order valence-electron chi connectivity index (χ1n) is 3.53. The summed E-state index contributed by atoms with van der Waals surface area (Å²) in [5.41, 5.74) is 0. The minimum absolute atomic E-state index is 0.789. The van der Waals surface area contributed by atoms with E-state index in [4.69, 9.17) is 14.8 Å². The monoisotopic (exact) mass is 243 g/mol. The Bertz CT molecular complexity index is 360. The number of aliphatic hydroxyl groups is 1. The maximum absolute atomic E-state index is 10.7. The van der Waals surface area contributed by atoms with Crippen LogP contribution in [0.4, 0.5) is 9.59 Å². The lowest BCUT2D eigenvalue weighted by molar-refractivity contribution is -0.0221. The van der Waals surface area contributed by atoms with Gasteiger partial charge in [0.05, 0.1) is 0 Å². The van der Waals surface area contributed by atoms with Gasteiger partial charge in [0, 0.05) is 6.42 Å². The number of carbonyl (C=O) groups is 2. The van der Waals surface area contributed by atoms with Crippen LogP contribution in [0.5, 0.6) is 0 Å². The van der Waals surface area contributed by atoms with Gasteiger partial charge in [0.2, 0.25) is 0 Å². The molecule has 1 unspecified atom stereocenters. The highest BCUT2D eigenvalue weighted by molar-refractivity contribution is 7.87. The van der Waals surface area contributed by atoms with Gasteiger partial charge in [-0.2, -0.15) is 13.3 Å². The highest BCUT2D eigenvalue weighted by atomic mass is 32.2. The van der Waals surface area contributed by atoms with Gasteiger partial charge in [-0.25, -0.2) is 9.59 Å². The number of rotatable bonds is 3. The van der Waals surface area contributed by atoms with E-state index in [0.29, 0.717) is 0 Å². The van der Waals surface area contributed by atoms with E-state index in [1.165, 1.54) is 0 Å². The summed E-state index contributed by atoms with van der Waals surface area (Å²) in [5.74, 6) is 0. The third kappa shape index (κ3) is 2.34. The summed E-state index contributed by atoms with van der Waals surface area (Å²) in [6.45, 7) is 0.993. The summed E-state index contributed by atoms with van der Waals surface area (Å²) in [4.78, 5) is 20.0. The molecule has 0 aliphatic heterocycles. The van der Waals surface area contributed by atoms with E-state index in [1.54, 1.807) is 0 Å². The van der Waals surface area contributed by atoms with E-state index in [1.807, 2.05) is 0 Å². The van der Waals surface area contributed by atoms with Crippen molar-refractivity contribution in [3.63, 3.8) is 0 Å². The predicted molar refractivity (Wildman–Crippen MR) is 44.7 cm³/mol. The first-order valence-corrected chi connectivity index (χ1v) is 4.97. The Morgan fingerprint density at radius 1 is 1.27 bits per heavy atom. The Kier molecular flexibility index (Phi) is 3.63. The Labute approximate surface area is 84.3 Å². The second-order valence-corrected chi connectivity index (χ2v) is 4.08. The fourth-order valence-electron chi connectivity index (χ4n) is 0.837. The fourth-order valence-corrected chi connectivity index (χ4v) is 1.59. The van der Waals surface area contributed by atoms with Crippen LogP contribution in [0, 0.1) is 0 Å². The van der Waals surface area contributed by atoms with Gasteiger partial charge in [-0.1, -0.05) is 6.92 Å². The van der Waals surface area contributed by atoms with E-state index in [2.05, 4.69) is 0 Å². The number of hydrogen-bond donors (Lipinski definition) is 4. The zero-order valence-corrected chi connectivity index (χ0v) is 8.30. The lowest BCUT2D eigenvalue weighted by atomic mass is 10.4. The minimum atomic E-state index is -5.28. The summed E-state index contributed by atoms with van der Waals surface area (Å²) in [6.07, 6.45) is -5.28. The topological polar surface area (TPSA) is 152 Å². The third-order valence-electron chi connectivity index (χ3n) is 1.61. The summed E-state index contributed by atoms with van der Waals surface area (Å²) < 4.78 is 29.9. The molecule has 0 saturated heterocycles. The van der Waals surface area contributed by atoms with Gasteiger partial charge in [-0.3, -0.25) is 4.55 Å². The van der Waals surface area contributed by atoms with Gasteiger partial charge in [0.15, 0.2) is 0 Å². The SMILES string of the molecule is CCC(O)(N(C(=O)O)C(=O)O)S(=O)(=O)O. The van der Waals surface area contributed by atoms with Crippen molar-refractivity contribution in [2.24, 2.45) is 0 Å². The molecule has 0 rings (SSSR count). The van der Waals surface area contributed by atoms with Crippen molar-refractivity contribution in [2.45, 2.75) is 18.4 Å². The van der Waals surface area contributed by atoms with Crippen molar-refractivity contribution in [1.82, 2.24) is 4.90 Å². The van der Waals surface area contributed by atoms with Crippen LogP contribution in [0.15, 0.2) is 0 Å². The average molecular weight is 243 g/mol. The number of hydrogen-bond acceptors (Lipinski definition) is 5. The third-order valence-corrected chi connectivity index (χ3v) is 2.90. The first kappa shape index (κ1) is 13.6. The highest BCUT2D eigenvalue weighted by Crippen LogP contribution is 2.23. The van der Waals surface area contributed by atoms with E-state index < -0.39 is 38.7 Å². The molecule has 0 aliphatic carbocycles. The van der Waals surface area contributed by atoms with Crippen molar-refractivity contribution >= 4 is 22.3 Å². The van der Waals surface area contributed by atoms with Crippen molar-refractivity contribution in [3.05, 3.63) is 0 Å². The van der Waals surface area contributed by atoms with Crippen LogP contribution in [0.25, 0.3) is 0 Å². The maximum atomic E-state index is 10.7. The molecule has 0 saturated carbocycles. The normalized spacial score (nSPS) is 15.4. The predicted octanol–water partition coefficient (Wildman–Crippen LogP) is -0.412. The standard InChI is InChI=1S/C5H9NO8S/c1-2-5(11,15(12,13)14)6(3(7)8)4(9)10/h11H,2H2,1H3,(H,7,8)(H,9,10)(H,12,13,14). The molecule has 0 aromatic heterocycles. The minimum Gasteiger partial charge on any atom is -0.464 e. The molecule has 0 fully saturated rings. The smallest absolute Gasteiger partial charge is 0.420 e. The lowest BCUT2D eigenvalue weighted by Gasteiger charge is -2.29. The highest BCUT2D eigenvalue weighted by Gasteiger charge is 2.51. The second-order valence-electron chi connectivity index (χ2n) is 2.47. The van der Waals surface area contributed by atoms with E-state index in [-0.39, 0.29) is 0 Å². The molecule has 1 atom stereocenters. The largest absolute Gasteiger partial charge is 0.464 e. The summed E-state index contributed by atoms with van der Waals surface area (Å²) in [7, 11) is -5.28. The Balaban J connectivity index is 5.64. The molecule has 4 N–H and O–H groups in total. The quantitative estimate of drug-likeness (QED) is 0.385. The molecule has 0 aliphatic rings. The zero-order valence-electron chi connectivity index (χ0n) is 7.48. The van der Waals surface area contributed by atoms with E-state index in [9.17, 15) is 23.1 Å². The lowest BCUT2D eigenvalue weighted by Crippen LogP contribution is -2.58. The number of imide groups is 1. The van der Waals surface area contributed by atoms with E-state index in [0.717, 1.165) is 6.92 Å². The van der Waals surface area contributed by atoms with Gasteiger partial charge < -0.3 is 15.3 Å².